The first-order valence-corrected chi connectivity index (χ1v) is 13.0. The van der Waals surface area contributed by atoms with Crippen molar-refractivity contribution in [1.29, 1.82) is 0 Å². The van der Waals surface area contributed by atoms with E-state index >= 15 is 0 Å². The molecule has 1 saturated carbocycles. The number of tetrazole rings is 1. The minimum absolute atomic E-state index is 0.0590. The summed E-state index contributed by atoms with van der Waals surface area (Å²) in [7, 11) is 5.18. The van der Waals surface area contributed by atoms with Crippen LogP contribution in [0.25, 0.3) is 11.0 Å². The Morgan fingerprint density at radius 2 is 1.61 bits per heavy atom. The van der Waals surface area contributed by atoms with Gasteiger partial charge in [-0.15, -0.1) is 5.10 Å². The van der Waals surface area contributed by atoms with Crippen molar-refractivity contribution < 1.29 is 26.3 Å². The average Bonchev–Trinajstić information content (AvgIpc) is 3.41. The lowest BCUT2D eigenvalue weighted by molar-refractivity contribution is -0.143. The second-order valence-corrected chi connectivity index (χ2v) is 10.6. The fraction of sp³-hybridized carbons (Fsp3) is 0.500. The van der Waals surface area contributed by atoms with Crippen molar-refractivity contribution >= 4 is 17.0 Å². The molecule has 0 atom stereocenters. The van der Waals surface area contributed by atoms with Gasteiger partial charge in [0, 0.05) is 37.5 Å². The highest BCUT2D eigenvalue weighted by Gasteiger charge is 2.42. The first-order valence-electron chi connectivity index (χ1n) is 13.0. The van der Waals surface area contributed by atoms with E-state index in [0.717, 1.165) is 53.7 Å². The highest BCUT2D eigenvalue weighted by atomic mass is 19.4. The van der Waals surface area contributed by atoms with Crippen LogP contribution in [0, 0.1) is 6.92 Å². The van der Waals surface area contributed by atoms with Crippen LogP contribution < -0.4 is 10.2 Å². The lowest BCUT2D eigenvalue weighted by Gasteiger charge is -2.43. The molecular formula is C26H29F6N9. The lowest BCUT2D eigenvalue weighted by atomic mass is 9.65. The van der Waals surface area contributed by atoms with Crippen molar-refractivity contribution in [3.8, 4) is 0 Å². The number of aromatic nitrogens is 7. The molecule has 1 N–H and O–H groups in total. The number of aryl methyl sites for hydroxylation is 3. The van der Waals surface area contributed by atoms with E-state index in [9.17, 15) is 26.3 Å². The summed E-state index contributed by atoms with van der Waals surface area (Å²) in [6, 6.07) is 3.52. The molecule has 0 saturated heterocycles. The van der Waals surface area contributed by atoms with Crippen LogP contribution in [0.5, 0.6) is 0 Å². The number of nitrogens with zero attached hydrogens (tertiary/aromatic N) is 8. The van der Waals surface area contributed by atoms with E-state index < -0.39 is 23.5 Å². The Balaban J connectivity index is 1.63. The number of pyridine rings is 1. The molecule has 0 unspecified atom stereocenters. The van der Waals surface area contributed by atoms with Gasteiger partial charge < -0.3 is 10.2 Å². The summed E-state index contributed by atoms with van der Waals surface area (Å²) in [6.07, 6.45) is -7.17. The van der Waals surface area contributed by atoms with Crippen molar-refractivity contribution in [3.63, 3.8) is 0 Å². The molecule has 1 aliphatic carbocycles. The van der Waals surface area contributed by atoms with E-state index in [1.165, 1.54) is 16.7 Å². The molecule has 0 radical (unpaired) electrons. The van der Waals surface area contributed by atoms with E-state index in [2.05, 4.69) is 25.8 Å². The van der Waals surface area contributed by atoms with E-state index in [0.29, 0.717) is 12.2 Å². The summed E-state index contributed by atoms with van der Waals surface area (Å²) in [6.45, 7) is 2.24. The Morgan fingerprint density at radius 3 is 2.12 bits per heavy atom. The molecule has 0 spiro atoms. The standard InChI is InChI=1S/C26H29F6N9/c1-15-20-10-17(21(34-22(20)39(3)36-15)24(14-33-2)6-5-7-24)13-41(23-35-38-40(4)37-23)12-16-8-18(25(27,28)29)11-19(9-16)26(30,31)32/h8-11,33H,5-7,12-14H2,1-4H3. The van der Waals surface area contributed by atoms with Gasteiger partial charge in [-0.3, -0.25) is 4.68 Å². The Bertz CT molecular complexity index is 1530. The van der Waals surface area contributed by atoms with Gasteiger partial charge in [-0.25, -0.2) is 4.98 Å². The average molecular weight is 582 g/mol. The summed E-state index contributed by atoms with van der Waals surface area (Å²) in [4.78, 5) is 7.73. The van der Waals surface area contributed by atoms with Gasteiger partial charge in [0.1, 0.15) is 0 Å². The molecule has 4 aromatic rings. The molecule has 0 aliphatic heterocycles. The summed E-state index contributed by atoms with van der Waals surface area (Å²) in [5.41, 5.74) is -0.227. The number of nitrogens with one attached hydrogen (secondary N) is 1. The second-order valence-electron chi connectivity index (χ2n) is 10.6. The van der Waals surface area contributed by atoms with Gasteiger partial charge in [-0.2, -0.15) is 36.2 Å². The Morgan fingerprint density at radius 1 is 0.951 bits per heavy atom. The van der Waals surface area contributed by atoms with Crippen LogP contribution in [0.2, 0.25) is 0 Å². The maximum atomic E-state index is 13.6. The van der Waals surface area contributed by atoms with Gasteiger partial charge >= 0.3 is 12.4 Å². The normalized spacial score (nSPS) is 15.4. The molecule has 3 aromatic heterocycles. The van der Waals surface area contributed by atoms with Gasteiger partial charge in [0.15, 0.2) is 5.65 Å². The number of fused-ring (bicyclic) bond motifs is 1. The van der Waals surface area contributed by atoms with Gasteiger partial charge in [0.05, 0.1) is 29.6 Å². The molecule has 15 heteroatoms. The number of halogens is 6. The molecule has 0 amide bonds. The Hall–Kier alpha value is -3.75. The topological polar surface area (TPSA) is 89.6 Å². The number of alkyl halides is 6. The van der Waals surface area contributed by atoms with Gasteiger partial charge in [-0.05, 0) is 67.4 Å². The number of rotatable bonds is 8. The van der Waals surface area contributed by atoms with E-state index in [-0.39, 0.29) is 36.1 Å². The zero-order valence-electron chi connectivity index (χ0n) is 22.9. The largest absolute Gasteiger partial charge is 0.416 e. The minimum atomic E-state index is -4.96. The molecule has 0 bridgehead atoms. The maximum absolute atomic E-state index is 13.6. The third-order valence-corrected chi connectivity index (χ3v) is 7.57. The van der Waals surface area contributed by atoms with Crippen LogP contribution in [-0.4, -0.2) is 48.6 Å². The summed E-state index contributed by atoms with van der Waals surface area (Å²) in [5.74, 6) is 0.0590. The van der Waals surface area contributed by atoms with Crippen molar-refractivity contribution in [2.75, 3.05) is 18.5 Å². The Labute approximate surface area is 231 Å². The number of likely N-dealkylation sites (N-methyl/N-ethyl adjacent to an activating group) is 1. The van der Waals surface area contributed by atoms with Crippen LogP contribution in [-0.2, 0) is 45.0 Å². The second kappa shape index (κ2) is 10.3. The summed E-state index contributed by atoms with van der Waals surface area (Å²) in [5, 5.41) is 20.6. The molecule has 1 fully saturated rings. The highest BCUT2D eigenvalue weighted by molar-refractivity contribution is 5.79. The van der Waals surface area contributed by atoms with Crippen molar-refractivity contribution in [3.05, 3.63) is 57.9 Å². The molecule has 5 rings (SSSR count). The van der Waals surface area contributed by atoms with Crippen LogP contribution in [0.4, 0.5) is 32.3 Å². The molecule has 1 aliphatic rings. The number of benzene rings is 1. The smallest absolute Gasteiger partial charge is 0.329 e. The molecule has 3 heterocycles. The fourth-order valence-corrected chi connectivity index (χ4v) is 5.54. The zero-order chi connectivity index (χ0) is 29.7. The lowest BCUT2D eigenvalue weighted by Crippen LogP contribution is -2.44. The number of anilines is 1. The minimum Gasteiger partial charge on any atom is -0.329 e. The highest BCUT2D eigenvalue weighted by Crippen LogP contribution is 2.45. The fourth-order valence-electron chi connectivity index (χ4n) is 5.54. The van der Waals surface area contributed by atoms with E-state index in [1.807, 2.05) is 20.0 Å². The van der Waals surface area contributed by atoms with Crippen LogP contribution in [0.15, 0.2) is 24.3 Å². The summed E-state index contributed by atoms with van der Waals surface area (Å²) >= 11 is 0. The van der Waals surface area contributed by atoms with Crippen LogP contribution in [0.1, 0.15) is 52.9 Å². The monoisotopic (exact) mass is 581 g/mol. The van der Waals surface area contributed by atoms with Crippen molar-refractivity contribution in [1.82, 2.24) is 40.3 Å². The predicted molar refractivity (Wildman–Crippen MR) is 138 cm³/mol. The van der Waals surface area contributed by atoms with Gasteiger partial charge in [0.25, 0.3) is 5.95 Å². The van der Waals surface area contributed by atoms with E-state index in [1.54, 1.807) is 11.7 Å². The Kier molecular flexibility index (Phi) is 7.20. The van der Waals surface area contributed by atoms with Crippen LogP contribution in [0.3, 0.4) is 0 Å². The summed E-state index contributed by atoms with van der Waals surface area (Å²) < 4.78 is 83.3. The van der Waals surface area contributed by atoms with Gasteiger partial charge in [0.2, 0.25) is 0 Å². The molecule has 9 nitrogen and oxygen atoms in total. The van der Waals surface area contributed by atoms with Gasteiger partial charge in [-0.1, -0.05) is 11.5 Å². The number of hydrogen-bond donors (Lipinski definition) is 1. The molecule has 41 heavy (non-hydrogen) atoms. The SMILES string of the molecule is CNCC1(c2nc3c(cc2CN(Cc2cc(C(F)(F)F)cc(C(F)(F)F)c2)c2nnn(C)n2)c(C)nn3C)CCC1. The van der Waals surface area contributed by atoms with Crippen molar-refractivity contribution in [2.45, 2.75) is 57.0 Å². The van der Waals surface area contributed by atoms with Crippen molar-refractivity contribution in [2.24, 2.45) is 14.1 Å². The molecule has 1 aromatic carbocycles. The zero-order valence-corrected chi connectivity index (χ0v) is 22.9. The van der Waals surface area contributed by atoms with Crippen LogP contribution >= 0.6 is 0 Å². The predicted octanol–water partition coefficient (Wildman–Crippen LogP) is 4.69. The quantitative estimate of drug-likeness (QED) is 0.302. The maximum Gasteiger partial charge on any atom is 0.416 e. The molecule has 220 valence electrons. The third kappa shape index (κ3) is 5.59. The van der Waals surface area contributed by atoms with E-state index in [4.69, 9.17) is 4.98 Å². The number of hydrogen-bond acceptors (Lipinski definition) is 7. The molecular weight excluding hydrogens is 552 g/mol. The third-order valence-electron chi connectivity index (χ3n) is 7.57. The first kappa shape index (κ1) is 28.8. The first-order chi connectivity index (χ1) is 19.2.